The van der Waals surface area contributed by atoms with E-state index in [2.05, 4.69) is 20.6 Å². The molecule has 2 aromatic heterocycles. The highest BCUT2D eigenvalue weighted by molar-refractivity contribution is 7.99. The molecule has 30 heavy (non-hydrogen) atoms. The van der Waals surface area contributed by atoms with E-state index in [9.17, 15) is 4.79 Å². The van der Waals surface area contributed by atoms with Gasteiger partial charge in [0.15, 0.2) is 0 Å². The molecule has 0 bridgehead atoms. The van der Waals surface area contributed by atoms with Crippen LogP contribution in [0.1, 0.15) is 23.3 Å². The lowest BCUT2D eigenvalue weighted by atomic mass is 9.97. The number of aryl methyl sites for hydroxylation is 2. The molecule has 0 atom stereocenters. The summed E-state index contributed by atoms with van der Waals surface area (Å²) in [5, 5.41) is 7.98. The summed E-state index contributed by atoms with van der Waals surface area (Å²) in [6.45, 7) is 0. The topological polar surface area (TPSA) is 66.9 Å². The first-order valence-electron chi connectivity index (χ1n) is 9.93. The van der Waals surface area contributed by atoms with E-state index in [0.29, 0.717) is 0 Å². The third-order valence-corrected chi connectivity index (χ3v) is 7.37. The Morgan fingerprint density at radius 2 is 1.73 bits per heavy atom. The Morgan fingerprint density at radius 1 is 0.933 bits per heavy atom. The fourth-order valence-electron chi connectivity index (χ4n) is 3.71. The molecule has 0 spiro atoms. The van der Waals surface area contributed by atoms with E-state index in [1.54, 1.807) is 29.4 Å². The second kappa shape index (κ2) is 8.45. The van der Waals surface area contributed by atoms with Gasteiger partial charge < -0.3 is 10.6 Å². The average molecular weight is 433 g/mol. The Hall–Kier alpha value is -2.90. The first-order valence-corrected chi connectivity index (χ1v) is 11.6. The zero-order valence-electron chi connectivity index (χ0n) is 16.2. The fourth-order valence-corrected chi connectivity index (χ4v) is 6.01. The van der Waals surface area contributed by atoms with Gasteiger partial charge in [0.25, 0.3) is 0 Å². The molecule has 7 heteroatoms. The summed E-state index contributed by atoms with van der Waals surface area (Å²) in [5.41, 5.74) is 2.92. The van der Waals surface area contributed by atoms with Gasteiger partial charge in [-0.05, 0) is 55.5 Å². The van der Waals surface area contributed by atoms with Crippen LogP contribution < -0.4 is 10.6 Å². The molecule has 2 heterocycles. The second-order valence-electron chi connectivity index (χ2n) is 7.11. The van der Waals surface area contributed by atoms with Gasteiger partial charge in [0, 0.05) is 20.8 Å². The van der Waals surface area contributed by atoms with Gasteiger partial charge in [-0.2, -0.15) is 0 Å². The number of fused-ring (bicyclic) bond motifs is 3. The maximum Gasteiger partial charge on any atom is 0.323 e. The highest BCUT2D eigenvalue weighted by atomic mass is 32.2. The van der Waals surface area contributed by atoms with Gasteiger partial charge in [-0.25, -0.2) is 14.8 Å². The lowest BCUT2D eigenvalue weighted by molar-refractivity contribution is 0.262. The first kappa shape index (κ1) is 19.1. The minimum Gasteiger partial charge on any atom is -0.308 e. The number of carbonyl (C=O) groups excluding carboxylic acids is 1. The summed E-state index contributed by atoms with van der Waals surface area (Å²) in [7, 11) is 0. The van der Waals surface area contributed by atoms with Crippen molar-refractivity contribution in [1.29, 1.82) is 0 Å². The number of para-hydroxylation sites is 2. The zero-order valence-corrected chi connectivity index (χ0v) is 17.9. The minimum atomic E-state index is -0.269. The lowest BCUT2D eigenvalue weighted by Crippen LogP contribution is -2.19. The molecule has 2 aromatic carbocycles. The van der Waals surface area contributed by atoms with Crippen molar-refractivity contribution in [2.24, 2.45) is 0 Å². The van der Waals surface area contributed by atoms with Gasteiger partial charge in [-0.3, -0.25) is 0 Å². The predicted molar refractivity (Wildman–Crippen MR) is 124 cm³/mol. The van der Waals surface area contributed by atoms with E-state index in [1.807, 2.05) is 54.6 Å². The molecule has 0 saturated heterocycles. The summed E-state index contributed by atoms with van der Waals surface area (Å²) in [6.07, 6.45) is 6.34. The summed E-state index contributed by atoms with van der Waals surface area (Å²) >= 11 is 3.38. The zero-order chi connectivity index (χ0) is 20.3. The fraction of sp³-hybridized carbons (Fsp3) is 0.174. The van der Waals surface area contributed by atoms with Crippen molar-refractivity contribution < 1.29 is 4.79 Å². The highest BCUT2D eigenvalue weighted by Crippen LogP contribution is 2.42. The summed E-state index contributed by atoms with van der Waals surface area (Å²) in [4.78, 5) is 25.1. The molecule has 2 amide bonds. The molecular formula is C23H20N4OS2. The van der Waals surface area contributed by atoms with E-state index < -0.39 is 0 Å². The number of amides is 2. The van der Waals surface area contributed by atoms with Crippen molar-refractivity contribution in [1.82, 2.24) is 9.97 Å². The Balaban J connectivity index is 1.42. The molecule has 5 nitrogen and oxygen atoms in total. The number of hydrogen-bond donors (Lipinski definition) is 2. The molecular weight excluding hydrogens is 412 g/mol. The standard InChI is InChI=1S/C23H20N4OS2/c28-23(26-15-8-2-1-3-9-15)27-17-11-5-7-13-19(17)30-22-20-16-10-4-6-12-18(16)29-21(20)24-14-25-22/h1-3,5,7-9,11,13-14H,4,6,10,12H2,(H2,26,27,28). The number of carbonyl (C=O) groups is 1. The third-order valence-electron chi connectivity index (χ3n) is 5.09. The Kier molecular flexibility index (Phi) is 5.38. The summed E-state index contributed by atoms with van der Waals surface area (Å²) in [6, 6.07) is 17.0. The molecule has 1 aliphatic rings. The van der Waals surface area contributed by atoms with Crippen LogP contribution in [-0.4, -0.2) is 16.0 Å². The third kappa shape index (κ3) is 3.91. The number of urea groups is 1. The van der Waals surface area contributed by atoms with Gasteiger partial charge in [0.2, 0.25) is 0 Å². The monoisotopic (exact) mass is 432 g/mol. The molecule has 4 aromatic rings. The van der Waals surface area contributed by atoms with Crippen LogP contribution in [0.15, 0.2) is 70.8 Å². The molecule has 5 rings (SSSR count). The predicted octanol–water partition coefficient (Wildman–Crippen LogP) is 6.37. The van der Waals surface area contributed by atoms with Crippen LogP contribution >= 0.6 is 23.1 Å². The molecule has 150 valence electrons. The number of benzene rings is 2. The van der Waals surface area contributed by atoms with E-state index in [-0.39, 0.29) is 6.03 Å². The molecule has 0 radical (unpaired) electrons. The van der Waals surface area contributed by atoms with Crippen molar-refractivity contribution in [3.63, 3.8) is 0 Å². The maximum atomic E-state index is 12.5. The largest absolute Gasteiger partial charge is 0.323 e. The van der Waals surface area contributed by atoms with Crippen LogP contribution in [0, 0.1) is 0 Å². The van der Waals surface area contributed by atoms with Crippen molar-refractivity contribution >= 4 is 50.7 Å². The van der Waals surface area contributed by atoms with Crippen LogP contribution in [0.25, 0.3) is 10.2 Å². The Labute approximate surface area is 183 Å². The molecule has 0 fully saturated rings. The van der Waals surface area contributed by atoms with E-state index in [1.165, 1.54) is 28.7 Å². The minimum absolute atomic E-state index is 0.269. The average Bonchev–Trinajstić information content (AvgIpc) is 3.15. The number of rotatable bonds is 4. The summed E-state index contributed by atoms with van der Waals surface area (Å²) < 4.78 is 0. The van der Waals surface area contributed by atoms with E-state index >= 15 is 0 Å². The normalized spacial score (nSPS) is 13.1. The van der Waals surface area contributed by atoms with Crippen LogP contribution in [-0.2, 0) is 12.8 Å². The number of hydrogen-bond acceptors (Lipinski definition) is 5. The molecule has 1 aliphatic carbocycles. The number of nitrogens with zero attached hydrogens (tertiary/aromatic N) is 2. The molecule has 0 unspecified atom stereocenters. The van der Waals surface area contributed by atoms with Crippen LogP contribution in [0.5, 0.6) is 0 Å². The Bertz CT molecular complexity index is 1210. The lowest BCUT2D eigenvalue weighted by Gasteiger charge is -2.13. The summed E-state index contributed by atoms with van der Waals surface area (Å²) in [5.74, 6) is 0. The van der Waals surface area contributed by atoms with Gasteiger partial charge in [0.05, 0.1) is 5.69 Å². The van der Waals surface area contributed by atoms with Crippen molar-refractivity contribution in [3.8, 4) is 0 Å². The molecule has 0 aliphatic heterocycles. The number of aromatic nitrogens is 2. The quantitative estimate of drug-likeness (QED) is 0.368. The smallest absolute Gasteiger partial charge is 0.308 e. The van der Waals surface area contributed by atoms with Gasteiger partial charge in [0.1, 0.15) is 16.2 Å². The van der Waals surface area contributed by atoms with Gasteiger partial charge in [-0.15, -0.1) is 11.3 Å². The van der Waals surface area contributed by atoms with Crippen molar-refractivity contribution in [2.45, 2.75) is 35.6 Å². The van der Waals surface area contributed by atoms with E-state index in [0.717, 1.165) is 39.0 Å². The molecule has 0 saturated carbocycles. The van der Waals surface area contributed by atoms with Crippen LogP contribution in [0.4, 0.5) is 16.2 Å². The molecule has 2 N–H and O–H groups in total. The van der Waals surface area contributed by atoms with Crippen LogP contribution in [0.3, 0.4) is 0 Å². The Morgan fingerprint density at radius 3 is 2.63 bits per heavy atom. The van der Waals surface area contributed by atoms with E-state index in [4.69, 9.17) is 0 Å². The van der Waals surface area contributed by atoms with Gasteiger partial charge in [-0.1, -0.05) is 42.1 Å². The van der Waals surface area contributed by atoms with Crippen LogP contribution in [0.2, 0.25) is 0 Å². The first-order chi connectivity index (χ1) is 14.8. The van der Waals surface area contributed by atoms with Gasteiger partial charge >= 0.3 is 6.03 Å². The maximum absolute atomic E-state index is 12.5. The van der Waals surface area contributed by atoms with Crippen molar-refractivity contribution in [3.05, 3.63) is 71.4 Å². The number of anilines is 2. The number of nitrogens with one attached hydrogen (secondary N) is 2. The number of thiophene rings is 1. The second-order valence-corrected chi connectivity index (χ2v) is 9.23. The SMILES string of the molecule is O=C(Nc1ccccc1)Nc1ccccc1Sc1ncnc2sc3c(c12)CCCC3. The highest BCUT2D eigenvalue weighted by Gasteiger charge is 2.21. The van der Waals surface area contributed by atoms with Crippen molar-refractivity contribution in [2.75, 3.05) is 10.6 Å².